The summed E-state index contributed by atoms with van der Waals surface area (Å²) in [6.07, 6.45) is 0. The Labute approximate surface area is 113 Å². The van der Waals surface area contributed by atoms with E-state index in [9.17, 15) is 9.90 Å². The number of benzene rings is 1. The summed E-state index contributed by atoms with van der Waals surface area (Å²) in [5.41, 5.74) is 9.51. The number of aromatic amines is 1. The SMILES string of the molecule is Cc1[nH]c2ccccc2c1-c1csc(N)c1C(=O)O. The minimum atomic E-state index is -0.988. The molecule has 3 rings (SSSR count). The molecule has 0 radical (unpaired) electrons. The minimum absolute atomic E-state index is 0.192. The number of aryl methyl sites for hydroxylation is 1. The smallest absolute Gasteiger partial charge is 0.339 e. The molecule has 0 saturated carbocycles. The van der Waals surface area contributed by atoms with Crippen LogP contribution in [0.15, 0.2) is 29.6 Å². The lowest BCUT2D eigenvalue weighted by Crippen LogP contribution is -2.00. The average Bonchev–Trinajstić information content (AvgIpc) is 2.88. The van der Waals surface area contributed by atoms with Crippen LogP contribution in [-0.2, 0) is 0 Å². The van der Waals surface area contributed by atoms with Gasteiger partial charge < -0.3 is 15.8 Å². The first kappa shape index (κ1) is 11.8. The highest BCUT2D eigenvalue weighted by Crippen LogP contribution is 2.39. The van der Waals surface area contributed by atoms with Crippen molar-refractivity contribution >= 4 is 33.2 Å². The van der Waals surface area contributed by atoms with Gasteiger partial charge in [-0.2, -0.15) is 0 Å². The van der Waals surface area contributed by atoms with Gasteiger partial charge in [0.1, 0.15) is 10.6 Å². The maximum Gasteiger partial charge on any atom is 0.339 e. The molecule has 0 bridgehead atoms. The van der Waals surface area contributed by atoms with Gasteiger partial charge in [-0.25, -0.2) is 4.79 Å². The van der Waals surface area contributed by atoms with Crippen LogP contribution >= 0.6 is 11.3 Å². The maximum atomic E-state index is 11.4. The van der Waals surface area contributed by atoms with Crippen molar-refractivity contribution in [2.45, 2.75) is 6.92 Å². The largest absolute Gasteiger partial charge is 0.478 e. The Kier molecular flexibility index (Phi) is 2.57. The summed E-state index contributed by atoms with van der Waals surface area (Å²) in [6, 6.07) is 7.84. The first-order chi connectivity index (χ1) is 9.09. The number of carbonyl (C=O) groups is 1. The Bertz CT molecular complexity index is 786. The molecule has 0 aliphatic carbocycles. The molecule has 3 aromatic rings. The molecule has 19 heavy (non-hydrogen) atoms. The lowest BCUT2D eigenvalue weighted by Gasteiger charge is -2.02. The van der Waals surface area contributed by atoms with Crippen LogP contribution in [-0.4, -0.2) is 16.1 Å². The first-order valence-corrected chi connectivity index (χ1v) is 6.65. The molecule has 2 heterocycles. The van der Waals surface area contributed by atoms with Crippen LogP contribution < -0.4 is 5.73 Å². The van der Waals surface area contributed by atoms with E-state index in [0.717, 1.165) is 22.2 Å². The summed E-state index contributed by atoms with van der Waals surface area (Å²) in [5, 5.41) is 12.5. The molecule has 0 atom stereocenters. The molecule has 0 amide bonds. The zero-order chi connectivity index (χ0) is 13.6. The van der Waals surface area contributed by atoms with Crippen molar-refractivity contribution in [3.05, 3.63) is 40.9 Å². The molecule has 0 unspecified atom stereocenters. The van der Waals surface area contributed by atoms with E-state index in [4.69, 9.17) is 5.73 Å². The van der Waals surface area contributed by atoms with Crippen molar-refractivity contribution in [2.24, 2.45) is 0 Å². The van der Waals surface area contributed by atoms with Gasteiger partial charge in [0, 0.05) is 33.1 Å². The van der Waals surface area contributed by atoms with E-state index < -0.39 is 5.97 Å². The second-order valence-corrected chi connectivity index (χ2v) is 5.28. The molecule has 5 heteroatoms. The van der Waals surface area contributed by atoms with Crippen LogP contribution in [0.5, 0.6) is 0 Å². The normalized spacial score (nSPS) is 11.0. The summed E-state index contributed by atoms with van der Waals surface area (Å²) >= 11 is 1.26. The van der Waals surface area contributed by atoms with Crippen LogP contribution in [0, 0.1) is 6.92 Å². The standard InChI is InChI=1S/C14H12N2O2S/c1-7-11(8-4-2-3-5-10(8)16-7)9-6-19-13(15)12(9)14(17)18/h2-6,16H,15H2,1H3,(H,17,18). The summed E-state index contributed by atoms with van der Waals surface area (Å²) in [7, 11) is 0. The zero-order valence-electron chi connectivity index (χ0n) is 10.2. The van der Waals surface area contributed by atoms with Crippen LogP contribution in [0.25, 0.3) is 22.0 Å². The van der Waals surface area contributed by atoms with Crippen molar-refractivity contribution < 1.29 is 9.90 Å². The number of hydrogen-bond donors (Lipinski definition) is 3. The molecule has 0 aliphatic rings. The third kappa shape index (κ3) is 1.70. The van der Waals surface area contributed by atoms with Gasteiger partial charge in [0.05, 0.1) is 0 Å². The van der Waals surface area contributed by atoms with E-state index >= 15 is 0 Å². The van der Waals surface area contributed by atoms with Crippen molar-refractivity contribution in [2.75, 3.05) is 5.73 Å². The van der Waals surface area contributed by atoms with E-state index in [-0.39, 0.29) is 5.56 Å². The predicted octanol–water partition coefficient (Wildman–Crippen LogP) is 3.49. The number of nitrogen functional groups attached to an aromatic ring is 1. The van der Waals surface area contributed by atoms with Crippen molar-refractivity contribution in [1.29, 1.82) is 0 Å². The molecular formula is C14H12N2O2S. The van der Waals surface area contributed by atoms with Crippen molar-refractivity contribution in [3.8, 4) is 11.1 Å². The fourth-order valence-electron chi connectivity index (χ4n) is 2.40. The lowest BCUT2D eigenvalue weighted by molar-refractivity contribution is 0.0699. The van der Waals surface area contributed by atoms with Gasteiger partial charge in [-0.3, -0.25) is 0 Å². The van der Waals surface area contributed by atoms with Crippen LogP contribution in [0.4, 0.5) is 5.00 Å². The third-order valence-corrected chi connectivity index (χ3v) is 4.01. The van der Waals surface area contributed by atoms with Gasteiger partial charge in [-0.15, -0.1) is 11.3 Å². The molecule has 0 fully saturated rings. The van der Waals surface area contributed by atoms with E-state index in [0.29, 0.717) is 10.6 Å². The predicted molar refractivity (Wildman–Crippen MR) is 77.7 cm³/mol. The Morgan fingerprint density at radius 3 is 2.84 bits per heavy atom. The van der Waals surface area contributed by atoms with Crippen molar-refractivity contribution in [3.63, 3.8) is 0 Å². The monoisotopic (exact) mass is 272 g/mol. The number of nitrogens with two attached hydrogens (primary N) is 1. The molecular weight excluding hydrogens is 260 g/mol. The highest BCUT2D eigenvalue weighted by molar-refractivity contribution is 7.15. The van der Waals surface area contributed by atoms with Gasteiger partial charge in [0.15, 0.2) is 0 Å². The molecule has 0 saturated heterocycles. The molecule has 4 nitrogen and oxygen atoms in total. The number of rotatable bonds is 2. The minimum Gasteiger partial charge on any atom is -0.478 e. The van der Waals surface area contributed by atoms with E-state index in [2.05, 4.69) is 4.98 Å². The molecule has 0 aliphatic heterocycles. The number of nitrogens with one attached hydrogen (secondary N) is 1. The van der Waals surface area contributed by atoms with Crippen molar-refractivity contribution in [1.82, 2.24) is 4.98 Å². The fraction of sp³-hybridized carbons (Fsp3) is 0.0714. The second-order valence-electron chi connectivity index (χ2n) is 4.36. The first-order valence-electron chi connectivity index (χ1n) is 5.77. The summed E-state index contributed by atoms with van der Waals surface area (Å²) in [4.78, 5) is 14.6. The van der Waals surface area contributed by atoms with E-state index in [1.165, 1.54) is 11.3 Å². The fourth-order valence-corrected chi connectivity index (χ4v) is 3.20. The van der Waals surface area contributed by atoms with Gasteiger partial charge >= 0.3 is 5.97 Å². The number of aromatic carboxylic acids is 1. The molecule has 2 aromatic heterocycles. The van der Waals surface area contributed by atoms with E-state index in [1.807, 2.05) is 31.2 Å². The second kappa shape index (κ2) is 4.13. The highest BCUT2D eigenvalue weighted by atomic mass is 32.1. The number of carboxylic acids is 1. The summed E-state index contributed by atoms with van der Waals surface area (Å²) < 4.78 is 0. The van der Waals surface area contributed by atoms with Gasteiger partial charge in [0.25, 0.3) is 0 Å². The van der Waals surface area contributed by atoms with Gasteiger partial charge in [-0.05, 0) is 13.0 Å². The van der Waals surface area contributed by atoms with Crippen LogP contribution in [0.2, 0.25) is 0 Å². The summed E-state index contributed by atoms with van der Waals surface area (Å²) in [5.74, 6) is -0.988. The quantitative estimate of drug-likeness (QED) is 0.668. The van der Waals surface area contributed by atoms with Gasteiger partial charge in [-0.1, -0.05) is 18.2 Å². The number of fused-ring (bicyclic) bond motifs is 1. The topological polar surface area (TPSA) is 79.1 Å². The lowest BCUT2D eigenvalue weighted by atomic mass is 10.0. The third-order valence-electron chi connectivity index (χ3n) is 3.20. The number of para-hydroxylation sites is 1. The van der Waals surface area contributed by atoms with Crippen LogP contribution in [0.3, 0.4) is 0 Å². The average molecular weight is 272 g/mol. The number of aromatic nitrogens is 1. The number of H-pyrrole nitrogens is 1. The maximum absolute atomic E-state index is 11.4. The number of anilines is 1. The van der Waals surface area contributed by atoms with Gasteiger partial charge in [0.2, 0.25) is 0 Å². The summed E-state index contributed by atoms with van der Waals surface area (Å²) in [6.45, 7) is 1.94. The molecule has 96 valence electrons. The Morgan fingerprint density at radius 1 is 1.37 bits per heavy atom. The number of hydrogen-bond acceptors (Lipinski definition) is 3. The molecule has 4 N–H and O–H groups in total. The Hall–Kier alpha value is -2.27. The van der Waals surface area contributed by atoms with E-state index in [1.54, 1.807) is 5.38 Å². The number of thiophene rings is 1. The highest BCUT2D eigenvalue weighted by Gasteiger charge is 2.21. The Morgan fingerprint density at radius 2 is 2.11 bits per heavy atom. The molecule has 1 aromatic carbocycles. The zero-order valence-corrected chi connectivity index (χ0v) is 11.0. The number of carboxylic acid groups (broad SMARTS) is 1. The Balaban J connectivity index is 2.37. The molecule has 0 spiro atoms. The van der Waals surface area contributed by atoms with Crippen LogP contribution in [0.1, 0.15) is 16.1 Å².